The molecule has 0 amide bonds. The summed E-state index contributed by atoms with van der Waals surface area (Å²) in [5.41, 5.74) is 0.350. The largest absolute Gasteiger partial charge is 0.311 e. The van der Waals surface area contributed by atoms with Crippen LogP contribution in [0.3, 0.4) is 0 Å². The van der Waals surface area contributed by atoms with Crippen molar-refractivity contribution in [3.05, 3.63) is 0 Å². The standard InChI is InChI=1S/C16H34N2/c1-7-10-16(5,6)18-12-15(13(4)8-2)17-11-14(18)9-3/h13-15,17H,7-12H2,1-6H3. The van der Waals surface area contributed by atoms with E-state index in [9.17, 15) is 0 Å². The highest BCUT2D eigenvalue weighted by molar-refractivity contribution is 4.94. The first kappa shape index (κ1) is 16.0. The second-order valence-electron chi connectivity index (χ2n) is 6.68. The van der Waals surface area contributed by atoms with Gasteiger partial charge in [0.2, 0.25) is 0 Å². The first-order valence-electron chi connectivity index (χ1n) is 7.96. The topological polar surface area (TPSA) is 15.3 Å². The lowest BCUT2D eigenvalue weighted by atomic mass is 9.88. The lowest BCUT2D eigenvalue weighted by Crippen LogP contribution is -2.63. The first-order chi connectivity index (χ1) is 8.46. The highest BCUT2D eigenvalue weighted by atomic mass is 15.3. The van der Waals surface area contributed by atoms with Crippen LogP contribution in [0.2, 0.25) is 0 Å². The SMILES string of the molecule is CCCC(C)(C)N1CC(C(C)CC)NCC1CC. The Morgan fingerprint density at radius 2 is 1.94 bits per heavy atom. The van der Waals surface area contributed by atoms with Crippen LogP contribution in [0.5, 0.6) is 0 Å². The van der Waals surface area contributed by atoms with E-state index in [1.165, 1.54) is 38.8 Å². The van der Waals surface area contributed by atoms with Crippen LogP contribution in [0.25, 0.3) is 0 Å². The van der Waals surface area contributed by atoms with E-state index in [1.54, 1.807) is 0 Å². The Hall–Kier alpha value is -0.0800. The summed E-state index contributed by atoms with van der Waals surface area (Å²) in [7, 11) is 0. The third kappa shape index (κ3) is 3.71. The second-order valence-corrected chi connectivity index (χ2v) is 6.68. The zero-order chi connectivity index (χ0) is 13.8. The van der Waals surface area contributed by atoms with Gasteiger partial charge in [0, 0.05) is 30.7 Å². The van der Waals surface area contributed by atoms with Crippen molar-refractivity contribution in [1.82, 2.24) is 10.2 Å². The van der Waals surface area contributed by atoms with Gasteiger partial charge in [-0.2, -0.15) is 0 Å². The molecule has 3 atom stereocenters. The quantitative estimate of drug-likeness (QED) is 0.778. The number of nitrogens with zero attached hydrogens (tertiary/aromatic N) is 1. The van der Waals surface area contributed by atoms with Crippen molar-refractivity contribution in [3.63, 3.8) is 0 Å². The summed E-state index contributed by atoms with van der Waals surface area (Å²) in [4.78, 5) is 2.78. The van der Waals surface area contributed by atoms with E-state index >= 15 is 0 Å². The lowest BCUT2D eigenvalue weighted by Gasteiger charge is -2.50. The zero-order valence-electron chi connectivity index (χ0n) is 13.4. The van der Waals surface area contributed by atoms with Crippen LogP contribution in [-0.2, 0) is 0 Å². The number of rotatable bonds is 6. The Morgan fingerprint density at radius 1 is 1.28 bits per heavy atom. The molecular weight excluding hydrogens is 220 g/mol. The molecular formula is C16H34N2. The third-order valence-corrected chi connectivity index (χ3v) is 4.89. The monoisotopic (exact) mass is 254 g/mol. The molecule has 0 aromatic heterocycles. The molecule has 0 aromatic carbocycles. The molecule has 0 aromatic rings. The summed E-state index contributed by atoms with van der Waals surface area (Å²) >= 11 is 0. The average molecular weight is 254 g/mol. The van der Waals surface area contributed by atoms with Crippen LogP contribution in [-0.4, -0.2) is 35.6 Å². The molecule has 0 radical (unpaired) electrons. The van der Waals surface area contributed by atoms with Crippen molar-refractivity contribution >= 4 is 0 Å². The molecule has 108 valence electrons. The number of nitrogens with one attached hydrogen (secondary N) is 1. The fourth-order valence-electron chi connectivity index (χ4n) is 3.35. The summed E-state index contributed by atoms with van der Waals surface area (Å²) in [6, 6.07) is 1.39. The van der Waals surface area contributed by atoms with Crippen molar-refractivity contribution in [2.45, 2.75) is 84.8 Å². The van der Waals surface area contributed by atoms with E-state index in [0.29, 0.717) is 17.6 Å². The highest BCUT2D eigenvalue weighted by Gasteiger charge is 2.36. The van der Waals surface area contributed by atoms with Gasteiger partial charge in [-0.15, -0.1) is 0 Å². The van der Waals surface area contributed by atoms with Crippen molar-refractivity contribution < 1.29 is 0 Å². The fraction of sp³-hybridized carbons (Fsp3) is 1.00. The minimum atomic E-state index is 0.350. The van der Waals surface area contributed by atoms with Crippen molar-refractivity contribution in [2.75, 3.05) is 13.1 Å². The zero-order valence-corrected chi connectivity index (χ0v) is 13.4. The first-order valence-corrected chi connectivity index (χ1v) is 7.96. The fourth-order valence-corrected chi connectivity index (χ4v) is 3.35. The van der Waals surface area contributed by atoms with Crippen LogP contribution >= 0.6 is 0 Å². The van der Waals surface area contributed by atoms with Crippen molar-refractivity contribution in [3.8, 4) is 0 Å². The molecule has 1 aliphatic heterocycles. The predicted molar refractivity (Wildman–Crippen MR) is 81.0 cm³/mol. The van der Waals surface area contributed by atoms with Gasteiger partial charge in [-0.05, 0) is 32.6 Å². The van der Waals surface area contributed by atoms with Gasteiger partial charge in [-0.1, -0.05) is 40.5 Å². The normalized spacial score (nSPS) is 28.3. The summed E-state index contributed by atoms with van der Waals surface area (Å²) in [5.74, 6) is 0.780. The molecule has 3 unspecified atom stereocenters. The molecule has 1 aliphatic rings. The molecule has 1 fully saturated rings. The second kappa shape index (κ2) is 6.91. The Balaban J connectivity index is 2.76. The average Bonchev–Trinajstić information content (AvgIpc) is 2.37. The van der Waals surface area contributed by atoms with Crippen molar-refractivity contribution in [1.29, 1.82) is 0 Å². The Kier molecular flexibility index (Phi) is 6.13. The van der Waals surface area contributed by atoms with Crippen LogP contribution in [0.4, 0.5) is 0 Å². The van der Waals surface area contributed by atoms with E-state index in [4.69, 9.17) is 0 Å². The Bertz CT molecular complexity index is 237. The van der Waals surface area contributed by atoms with Gasteiger partial charge in [0.25, 0.3) is 0 Å². The van der Waals surface area contributed by atoms with Crippen LogP contribution in [0, 0.1) is 5.92 Å². The molecule has 0 bridgehead atoms. The third-order valence-electron chi connectivity index (χ3n) is 4.89. The molecule has 1 saturated heterocycles. The predicted octanol–water partition coefficient (Wildman–Crippen LogP) is 3.66. The number of piperazine rings is 1. The van der Waals surface area contributed by atoms with Crippen LogP contribution in [0.15, 0.2) is 0 Å². The van der Waals surface area contributed by atoms with E-state index < -0.39 is 0 Å². The molecule has 0 aliphatic carbocycles. The van der Waals surface area contributed by atoms with Crippen LogP contribution in [0.1, 0.15) is 67.2 Å². The molecule has 0 spiro atoms. The molecule has 1 heterocycles. The van der Waals surface area contributed by atoms with Gasteiger partial charge in [0.15, 0.2) is 0 Å². The van der Waals surface area contributed by atoms with E-state index in [-0.39, 0.29) is 0 Å². The molecule has 2 nitrogen and oxygen atoms in total. The molecule has 1 rings (SSSR count). The minimum absolute atomic E-state index is 0.350. The maximum Gasteiger partial charge on any atom is 0.0224 e. The highest BCUT2D eigenvalue weighted by Crippen LogP contribution is 2.28. The summed E-state index contributed by atoms with van der Waals surface area (Å²) < 4.78 is 0. The number of hydrogen-bond acceptors (Lipinski definition) is 2. The minimum Gasteiger partial charge on any atom is -0.311 e. The molecule has 2 heteroatoms. The molecule has 0 saturated carbocycles. The van der Waals surface area contributed by atoms with E-state index in [2.05, 4.69) is 51.8 Å². The number of hydrogen-bond donors (Lipinski definition) is 1. The van der Waals surface area contributed by atoms with Crippen molar-refractivity contribution in [2.24, 2.45) is 5.92 Å². The summed E-state index contributed by atoms with van der Waals surface area (Å²) in [6.07, 6.45) is 5.11. The van der Waals surface area contributed by atoms with Gasteiger partial charge in [-0.3, -0.25) is 4.90 Å². The van der Waals surface area contributed by atoms with Gasteiger partial charge in [0.1, 0.15) is 0 Å². The van der Waals surface area contributed by atoms with E-state index in [0.717, 1.165) is 5.92 Å². The maximum atomic E-state index is 3.77. The van der Waals surface area contributed by atoms with Crippen LogP contribution < -0.4 is 5.32 Å². The van der Waals surface area contributed by atoms with Gasteiger partial charge < -0.3 is 5.32 Å². The Labute approximate surface area is 115 Å². The molecule has 1 N–H and O–H groups in total. The maximum absolute atomic E-state index is 3.77. The van der Waals surface area contributed by atoms with Gasteiger partial charge in [-0.25, -0.2) is 0 Å². The van der Waals surface area contributed by atoms with E-state index in [1.807, 2.05) is 0 Å². The molecule has 18 heavy (non-hydrogen) atoms. The lowest BCUT2D eigenvalue weighted by molar-refractivity contribution is 0.0134. The summed E-state index contributed by atoms with van der Waals surface area (Å²) in [5, 5.41) is 3.77. The Morgan fingerprint density at radius 3 is 2.44 bits per heavy atom. The summed E-state index contributed by atoms with van der Waals surface area (Å²) in [6.45, 7) is 16.6. The smallest absolute Gasteiger partial charge is 0.0224 e. The van der Waals surface area contributed by atoms with Gasteiger partial charge >= 0.3 is 0 Å². The van der Waals surface area contributed by atoms with Gasteiger partial charge in [0.05, 0.1) is 0 Å².